The van der Waals surface area contributed by atoms with Gasteiger partial charge in [-0.2, -0.15) is 10.2 Å². The van der Waals surface area contributed by atoms with Crippen LogP contribution in [0.5, 0.6) is 0 Å². The molecule has 0 N–H and O–H groups in total. The van der Waals surface area contributed by atoms with Crippen molar-refractivity contribution < 1.29 is 0 Å². The van der Waals surface area contributed by atoms with Crippen LogP contribution in [0.1, 0.15) is 17.7 Å². The zero-order chi connectivity index (χ0) is 9.38. The second-order valence-electron chi connectivity index (χ2n) is 3.37. The summed E-state index contributed by atoms with van der Waals surface area (Å²) in [5.41, 5.74) is 2.43. The van der Waals surface area contributed by atoms with Gasteiger partial charge in [0.05, 0.1) is 5.69 Å². The molecular weight excluding hydrogens is 178 g/mol. The summed E-state index contributed by atoms with van der Waals surface area (Å²) in [4.78, 5) is 3.88. The highest BCUT2D eigenvalue weighted by Crippen LogP contribution is 2.19. The van der Waals surface area contributed by atoms with E-state index in [1.54, 1.807) is 11.0 Å². The Morgan fingerprint density at radius 3 is 3.07 bits per heavy atom. The van der Waals surface area contributed by atoms with Crippen LogP contribution in [-0.4, -0.2) is 25.0 Å². The number of hydrogen-bond acceptors (Lipinski definition) is 4. The van der Waals surface area contributed by atoms with Crippen LogP contribution in [0.15, 0.2) is 18.7 Å². The van der Waals surface area contributed by atoms with Crippen molar-refractivity contribution in [2.24, 2.45) is 0 Å². The van der Waals surface area contributed by atoms with Crippen molar-refractivity contribution in [2.75, 3.05) is 0 Å². The molecule has 0 aliphatic heterocycles. The van der Waals surface area contributed by atoms with Crippen molar-refractivity contribution in [3.05, 3.63) is 30.0 Å². The van der Waals surface area contributed by atoms with Gasteiger partial charge in [0.15, 0.2) is 5.82 Å². The first-order chi connectivity index (χ1) is 6.93. The predicted molar refractivity (Wildman–Crippen MR) is 49.0 cm³/mol. The maximum Gasteiger partial charge on any atom is 0.177 e. The largest absolute Gasteiger partial charge is 0.223 e. The molecule has 0 spiro atoms. The van der Waals surface area contributed by atoms with Gasteiger partial charge in [0.2, 0.25) is 0 Å². The summed E-state index contributed by atoms with van der Waals surface area (Å²) in [6.07, 6.45) is 6.47. The molecule has 0 aromatic carbocycles. The average Bonchev–Trinajstić information content (AvgIpc) is 2.88. The fourth-order valence-corrected chi connectivity index (χ4v) is 1.76. The van der Waals surface area contributed by atoms with E-state index in [0.29, 0.717) is 0 Å². The van der Waals surface area contributed by atoms with Crippen LogP contribution in [0.4, 0.5) is 0 Å². The quantitative estimate of drug-likeness (QED) is 0.654. The summed E-state index contributed by atoms with van der Waals surface area (Å²) in [7, 11) is 0. The highest BCUT2D eigenvalue weighted by Gasteiger charge is 2.14. The molecule has 1 aliphatic carbocycles. The molecule has 0 unspecified atom stereocenters. The predicted octanol–water partition coefficient (Wildman–Crippen LogP) is 0.546. The highest BCUT2D eigenvalue weighted by atomic mass is 15.4. The van der Waals surface area contributed by atoms with Gasteiger partial charge in [-0.25, -0.2) is 9.67 Å². The first-order valence-electron chi connectivity index (χ1n) is 4.64. The Morgan fingerprint density at radius 2 is 2.21 bits per heavy atom. The molecule has 0 fully saturated rings. The molecule has 0 saturated carbocycles. The molecule has 2 aromatic heterocycles. The van der Waals surface area contributed by atoms with E-state index in [0.717, 1.165) is 24.4 Å². The van der Waals surface area contributed by atoms with Crippen molar-refractivity contribution in [3.63, 3.8) is 0 Å². The van der Waals surface area contributed by atoms with Crippen molar-refractivity contribution in [1.82, 2.24) is 25.0 Å². The fourth-order valence-electron chi connectivity index (χ4n) is 1.76. The molecule has 3 rings (SSSR count). The Bertz CT molecular complexity index is 448. The summed E-state index contributed by atoms with van der Waals surface area (Å²) in [5.74, 6) is 0.753. The monoisotopic (exact) mass is 187 g/mol. The summed E-state index contributed by atoms with van der Waals surface area (Å²) in [5, 5.41) is 12.3. The zero-order valence-electron chi connectivity index (χ0n) is 7.59. The lowest BCUT2D eigenvalue weighted by molar-refractivity contribution is 0.797. The minimum atomic E-state index is 0.753. The molecule has 0 bridgehead atoms. The van der Waals surface area contributed by atoms with Gasteiger partial charge in [-0.3, -0.25) is 0 Å². The number of nitrogens with zero attached hydrogens (tertiary/aromatic N) is 5. The van der Waals surface area contributed by atoms with E-state index in [2.05, 4.69) is 20.3 Å². The van der Waals surface area contributed by atoms with E-state index in [1.165, 1.54) is 18.3 Å². The zero-order valence-corrected chi connectivity index (χ0v) is 7.59. The Balaban J connectivity index is 2.09. The Labute approximate surface area is 80.8 Å². The molecule has 2 aromatic rings. The first-order valence-corrected chi connectivity index (χ1v) is 4.64. The standard InChI is InChI=1S/C9H9N5/c1-2-7-4-9(13-12-8(7)3-1)14-6-10-5-11-14/h4-6H,1-3H2. The van der Waals surface area contributed by atoms with Crippen LogP contribution >= 0.6 is 0 Å². The lowest BCUT2D eigenvalue weighted by Gasteiger charge is -2.00. The van der Waals surface area contributed by atoms with E-state index in [9.17, 15) is 0 Å². The van der Waals surface area contributed by atoms with Crippen molar-refractivity contribution in [1.29, 1.82) is 0 Å². The van der Waals surface area contributed by atoms with E-state index in [-0.39, 0.29) is 0 Å². The van der Waals surface area contributed by atoms with Crippen molar-refractivity contribution >= 4 is 0 Å². The molecule has 0 saturated heterocycles. The van der Waals surface area contributed by atoms with Gasteiger partial charge in [0.1, 0.15) is 12.7 Å². The maximum absolute atomic E-state index is 4.18. The van der Waals surface area contributed by atoms with Gasteiger partial charge in [-0.15, -0.1) is 5.10 Å². The lowest BCUT2D eigenvalue weighted by atomic mass is 10.2. The Kier molecular flexibility index (Phi) is 1.56. The van der Waals surface area contributed by atoms with Crippen LogP contribution in [0.2, 0.25) is 0 Å². The Morgan fingerprint density at radius 1 is 1.21 bits per heavy atom. The molecule has 70 valence electrons. The van der Waals surface area contributed by atoms with Gasteiger partial charge in [-0.05, 0) is 30.9 Å². The highest BCUT2D eigenvalue weighted by molar-refractivity contribution is 5.31. The topological polar surface area (TPSA) is 56.5 Å². The number of aromatic nitrogens is 5. The van der Waals surface area contributed by atoms with Crippen LogP contribution < -0.4 is 0 Å². The third kappa shape index (κ3) is 1.09. The van der Waals surface area contributed by atoms with Crippen molar-refractivity contribution in [3.8, 4) is 5.82 Å². The fraction of sp³-hybridized carbons (Fsp3) is 0.333. The molecule has 2 heterocycles. The summed E-state index contributed by atoms with van der Waals surface area (Å²) in [6, 6.07) is 2.05. The van der Waals surface area contributed by atoms with Gasteiger partial charge in [-0.1, -0.05) is 0 Å². The second-order valence-corrected chi connectivity index (χ2v) is 3.37. The van der Waals surface area contributed by atoms with Gasteiger partial charge >= 0.3 is 0 Å². The molecule has 5 nitrogen and oxygen atoms in total. The van der Waals surface area contributed by atoms with Crippen LogP contribution in [-0.2, 0) is 12.8 Å². The molecule has 1 aliphatic rings. The summed E-state index contributed by atoms with van der Waals surface area (Å²) in [6.45, 7) is 0. The normalized spacial score (nSPS) is 14.3. The molecule has 5 heteroatoms. The molecule has 0 atom stereocenters. The van der Waals surface area contributed by atoms with Crippen LogP contribution in [0.25, 0.3) is 5.82 Å². The third-order valence-corrected chi connectivity index (χ3v) is 2.46. The van der Waals surface area contributed by atoms with Crippen molar-refractivity contribution in [2.45, 2.75) is 19.3 Å². The van der Waals surface area contributed by atoms with Gasteiger partial charge in [0.25, 0.3) is 0 Å². The number of aryl methyl sites for hydroxylation is 2. The molecule has 0 amide bonds. The molecule has 14 heavy (non-hydrogen) atoms. The molecular formula is C9H9N5. The van der Waals surface area contributed by atoms with E-state index in [1.807, 2.05) is 6.07 Å². The second kappa shape index (κ2) is 2.87. The van der Waals surface area contributed by atoms with E-state index >= 15 is 0 Å². The summed E-state index contributed by atoms with van der Waals surface area (Å²) < 4.78 is 1.63. The minimum Gasteiger partial charge on any atom is -0.223 e. The first kappa shape index (κ1) is 7.61. The third-order valence-electron chi connectivity index (χ3n) is 2.46. The smallest absolute Gasteiger partial charge is 0.177 e. The lowest BCUT2D eigenvalue weighted by Crippen LogP contribution is -2.02. The van der Waals surface area contributed by atoms with E-state index < -0.39 is 0 Å². The number of fused-ring (bicyclic) bond motifs is 1. The van der Waals surface area contributed by atoms with Gasteiger partial charge < -0.3 is 0 Å². The van der Waals surface area contributed by atoms with Gasteiger partial charge in [0, 0.05) is 0 Å². The minimum absolute atomic E-state index is 0.753. The summed E-state index contributed by atoms with van der Waals surface area (Å²) >= 11 is 0. The number of rotatable bonds is 1. The maximum atomic E-state index is 4.18. The SMILES string of the molecule is c1ncn(-c2cc3c(nn2)CCC3)n1. The number of hydrogen-bond donors (Lipinski definition) is 0. The Hall–Kier alpha value is -1.78. The average molecular weight is 187 g/mol. The molecule has 0 radical (unpaired) electrons. The van der Waals surface area contributed by atoms with Crippen LogP contribution in [0, 0.1) is 0 Å². The van der Waals surface area contributed by atoms with E-state index in [4.69, 9.17) is 0 Å². The van der Waals surface area contributed by atoms with Crippen LogP contribution in [0.3, 0.4) is 0 Å².